The van der Waals surface area contributed by atoms with Crippen LogP contribution in [0.25, 0.3) is 0 Å². The molecule has 1 heterocycles. The standard InChI is InChI=1S/C9H18F2N2S/c10-9(11)7-13-5-6-14-8-1-3-12-4-2-8/h8-9,12-13H,1-7H2. The third-order valence-corrected chi connectivity index (χ3v) is 3.60. The van der Waals surface area contributed by atoms with Crippen molar-refractivity contribution in [2.75, 3.05) is 31.9 Å². The number of hydrogen-bond acceptors (Lipinski definition) is 3. The summed E-state index contributed by atoms with van der Waals surface area (Å²) < 4.78 is 23.5. The molecule has 84 valence electrons. The summed E-state index contributed by atoms with van der Waals surface area (Å²) >= 11 is 1.90. The molecule has 2 N–H and O–H groups in total. The van der Waals surface area contributed by atoms with Crippen LogP contribution in [0.4, 0.5) is 8.78 Å². The lowest BCUT2D eigenvalue weighted by Crippen LogP contribution is -2.30. The molecule has 2 nitrogen and oxygen atoms in total. The van der Waals surface area contributed by atoms with Gasteiger partial charge in [0, 0.05) is 17.5 Å². The van der Waals surface area contributed by atoms with Gasteiger partial charge in [0.25, 0.3) is 6.43 Å². The van der Waals surface area contributed by atoms with Crippen LogP contribution < -0.4 is 10.6 Å². The fourth-order valence-electron chi connectivity index (χ4n) is 1.47. The van der Waals surface area contributed by atoms with E-state index in [-0.39, 0.29) is 6.54 Å². The van der Waals surface area contributed by atoms with E-state index < -0.39 is 6.43 Å². The first-order chi connectivity index (χ1) is 6.79. The Kier molecular flexibility index (Phi) is 6.47. The molecule has 0 atom stereocenters. The van der Waals surface area contributed by atoms with Gasteiger partial charge in [-0.25, -0.2) is 8.78 Å². The lowest BCUT2D eigenvalue weighted by atomic mass is 10.2. The van der Waals surface area contributed by atoms with Crippen LogP contribution in [0.3, 0.4) is 0 Å². The highest BCUT2D eigenvalue weighted by atomic mass is 32.2. The van der Waals surface area contributed by atoms with Gasteiger partial charge in [-0.1, -0.05) is 0 Å². The molecule has 0 amide bonds. The van der Waals surface area contributed by atoms with Crippen LogP contribution >= 0.6 is 11.8 Å². The molecule has 1 rings (SSSR count). The molecule has 1 fully saturated rings. The summed E-state index contributed by atoms with van der Waals surface area (Å²) in [5.41, 5.74) is 0. The van der Waals surface area contributed by atoms with Gasteiger partial charge < -0.3 is 10.6 Å². The second-order valence-electron chi connectivity index (χ2n) is 3.42. The number of piperidine rings is 1. The van der Waals surface area contributed by atoms with Crippen LogP contribution in [0.2, 0.25) is 0 Å². The van der Waals surface area contributed by atoms with Crippen molar-refractivity contribution in [1.29, 1.82) is 0 Å². The minimum absolute atomic E-state index is 0.174. The molecule has 0 aromatic carbocycles. The number of alkyl halides is 2. The fourth-order valence-corrected chi connectivity index (χ4v) is 2.64. The third kappa shape index (κ3) is 5.78. The van der Waals surface area contributed by atoms with Gasteiger partial charge >= 0.3 is 0 Å². The van der Waals surface area contributed by atoms with Crippen LogP contribution in [0.15, 0.2) is 0 Å². The lowest BCUT2D eigenvalue weighted by Gasteiger charge is -2.21. The average Bonchev–Trinajstić information content (AvgIpc) is 2.18. The first-order valence-electron chi connectivity index (χ1n) is 5.10. The predicted octanol–water partition coefficient (Wildman–Crippen LogP) is 1.33. The van der Waals surface area contributed by atoms with Crippen molar-refractivity contribution in [1.82, 2.24) is 10.6 Å². The molecular weight excluding hydrogens is 206 g/mol. The van der Waals surface area contributed by atoms with Crippen LogP contribution in [-0.4, -0.2) is 43.6 Å². The Morgan fingerprint density at radius 2 is 2.07 bits per heavy atom. The van der Waals surface area contributed by atoms with Crippen LogP contribution in [-0.2, 0) is 0 Å². The second-order valence-corrected chi connectivity index (χ2v) is 4.82. The van der Waals surface area contributed by atoms with E-state index in [1.54, 1.807) is 0 Å². The van der Waals surface area contributed by atoms with E-state index >= 15 is 0 Å². The molecule has 0 spiro atoms. The zero-order chi connectivity index (χ0) is 10.2. The van der Waals surface area contributed by atoms with Crippen molar-refractivity contribution in [2.24, 2.45) is 0 Å². The lowest BCUT2D eigenvalue weighted by molar-refractivity contribution is 0.147. The Morgan fingerprint density at radius 3 is 2.71 bits per heavy atom. The molecule has 0 aromatic heterocycles. The summed E-state index contributed by atoms with van der Waals surface area (Å²) in [4.78, 5) is 0. The Hall–Kier alpha value is 0.130. The predicted molar refractivity (Wildman–Crippen MR) is 57.2 cm³/mol. The molecule has 1 aliphatic heterocycles. The van der Waals surface area contributed by atoms with Crippen molar-refractivity contribution in [3.8, 4) is 0 Å². The van der Waals surface area contributed by atoms with E-state index in [1.807, 2.05) is 11.8 Å². The molecular formula is C9H18F2N2S. The molecule has 0 bridgehead atoms. The average molecular weight is 224 g/mol. The van der Waals surface area contributed by atoms with E-state index in [4.69, 9.17) is 0 Å². The van der Waals surface area contributed by atoms with E-state index in [1.165, 1.54) is 12.8 Å². The zero-order valence-corrected chi connectivity index (χ0v) is 9.09. The number of hydrogen-bond donors (Lipinski definition) is 2. The summed E-state index contributed by atoms with van der Waals surface area (Å²) in [5.74, 6) is 0.942. The van der Waals surface area contributed by atoms with Crippen LogP contribution in [0.1, 0.15) is 12.8 Å². The summed E-state index contributed by atoms with van der Waals surface area (Å²) in [6, 6.07) is 0. The van der Waals surface area contributed by atoms with Gasteiger partial charge in [-0.15, -0.1) is 0 Å². The number of thioether (sulfide) groups is 1. The van der Waals surface area contributed by atoms with Crippen molar-refractivity contribution in [2.45, 2.75) is 24.5 Å². The van der Waals surface area contributed by atoms with E-state index in [9.17, 15) is 8.78 Å². The Morgan fingerprint density at radius 1 is 1.36 bits per heavy atom. The SMILES string of the molecule is FC(F)CNCCSC1CCNCC1. The van der Waals surface area contributed by atoms with Crippen molar-refractivity contribution in [3.05, 3.63) is 0 Å². The van der Waals surface area contributed by atoms with Gasteiger partial charge in [-0.05, 0) is 25.9 Å². The van der Waals surface area contributed by atoms with E-state index in [0.717, 1.165) is 24.1 Å². The van der Waals surface area contributed by atoms with Crippen LogP contribution in [0.5, 0.6) is 0 Å². The highest BCUT2D eigenvalue weighted by molar-refractivity contribution is 7.99. The quantitative estimate of drug-likeness (QED) is 0.666. The van der Waals surface area contributed by atoms with Gasteiger partial charge in [-0.2, -0.15) is 11.8 Å². The maximum absolute atomic E-state index is 11.7. The summed E-state index contributed by atoms with van der Waals surface area (Å²) in [6.07, 6.45) is 0.192. The largest absolute Gasteiger partial charge is 0.317 e. The Bertz CT molecular complexity index is 141. The normalized spacial score (nSPS) is 19.1. The molecule has 0 aromatic rings. The fraction of sp³-hybridized carbons (Fsp3) is 1.00. The molecule has 1 aliphatic rings. The van der Waals surface area contributed by atoms with Gasteiger partial charge in [-0.3, -0.25) is 0 Å². The van der Waals surface area contributed by atoms with Gasteiger partial charge in [0.1, 0.15) is 0 Å². The van der Waals surface area contributed by atoms with E-state index in [0.29, 0.717) is 6.54 Å². The van der Waals surface area contributed by atoms with Gasteiger partial charge in [0.15, 0.2) is 0 Å². The molecule has 0 radical (unpaired) electrons. The smallest absolute Gasteiger partial charge is 0.250 e. The number of halogens is 2. The summed E-state index contributed by atoms with van der Waals surface area (Å²) in [7, 11) is 0. The Labute approximate surface area is 88.2 Å². The zero-order valence-electron chi connectivity index (χ0n) is 8.27. The third-order valence-electron chi connectivity index (χ3n) is 2.22. The molecule has 14 heavy (non-hydrogen) atoms. The van der Waals surface area contributed by atoms with Crippen molar-refractivity contribution in [3.63, 3.8) is 0 Å². The monoisotopic (exact) mass is 224 g/mol. The van der Waals surface area contributed by atoms with Crippen molar-refractivity contribution < 1.29 is 8.78 Å². The molecule has 0 unspecified atom stereocenters. The maximum Gasteiger partial charge on any atom is 0.250 e. The first kappa shape index (κ1) is 12.2. The summed E-state index contributed by atoms with van der Waals surface area (Å²) in [6.45, 7) is 2.72. The molecule has 5 heteroatoms. The topological polar surface area (TPSA) is 24.1 Å². The first-order valence-corrected chi connectivity index (χ1v) is 6.15. The highest BCUT2D eigenvalue weighted by Gasteiger charge is 2.12. The van der Waals surface area contributed by atoms with Gasteiger partial charge in [0.2, 0.25) is 0 Å². The second kappa shape index (κ2) is 7.43. The minimum Gasteiger partial charge on any atom is -0.317 e. The minimum atomic E-state index is -2.22. The highest BCUT2D eigenvalue weighted by Crippen LogP contribution is 2.19. The number of nitrogens with one attached hydrogen (secondary N) is 2. The molecule has 1 saturated heterocycles. The van der Waals surface area contributed by atoms with E-state index in [2.05, 4.69) is 10.6 Å². The molecule has 0 saturated carbocycles. The summed E-state index contributed by atoms with van der Waals surface area (Å²) in [5, 5.41) is 6.77. The maximum atomic E-state index is 11.7. The Balaban J connectivity index is 1.87. The molecule has 0 aliphatic carbocycles. The number of rotatable bonds is 6. The van der Waals surface area contributed by atoms with Crippen molar-refractivity contribution >= 4 is 11.8 Å². The van der Waals surface area contributed by atoms with Gasteiger partial charge in [0.05, 0.1) is 6.54 Å². The van der Waals surface area contributed by atoms with Crippen LogP contribution in [0, 0.1) is 0 Å².